The van der Waals surface area contributed by atoms with E-state index in [4.69, 9.17) is 0 Å². The fraction of sp³-hybridized carbons (Fsp3) is 0.611. The van der Waals surface area contributed by atoms with Gasteiger partial charge in [0.25, 0.3) is 5.91 Å². The maximum Gasteiger partial charge on any atom is 0.391 e. The van der Waals surface area contributed by atoms with Gasteiger partial charge < -0.3 is 10.2 Å². The second kappa shape index (κ2) is 7.32. The van der Waals surface area contributed by atoms with Crippen LogP contribution in [0.2, 0.25) is 0 Å². The van der Waals surface area contributed by atoms with E-state index >= 15 is 0 Å². The Balaban J connectivity index is 1.70. The molecule has 0 spiro atoms. The van der Waals surface area contributed by atoms with Crippen molar-refractivity contribution >= 4 is 5.91 Å². The summed E-state index contributed by atoms with van der Waals surface area (Å²) in [6.07, 6.45) is -2.72. The van der Waals surface area contributed by atoms with E-state index in [2.05, 4.69) is 5.32 Å². The molecule has 0 aromatic heterocycles. The Morgan fingerprint density at radius 1 is 1.08 bits per heavy atom. The normalized spacial score (nSPS) is 20.7. The lowest BCUT2D eigenvalue weighted by Gasteiger charge is -2.33. The lowest BCUT2D eigenvalue weighted by atomic mass is 9.88. The smallest absolute Gasteiger partial charge is 0.339 e. The number of amides is 1. The van der Waals surface area contributed by atoms with Gasteiger partial charge in [0.1, 0.15) is 5.82 Å². The third-order valence-corrected chi connectivity index (χ3v) is 5.27. The van der Waals surface area contributed by atoms with E-state index in [1.54, 1.807) is 6.07 Å². The summed E-state index contributed by atoms with van der Waals surface area (Å²) in [5.41, 5.74) is 0.901. The van der Waals surface area contributed by atoms with Gasteiger partial charge in [-0.3, -0.25) is 4.79 Å². The summed E-state index contributed by atoms with van der Waals surface area (Å²) < 4.78 is 52.4. The summed E-state index contributed by atoms with van der Waals surface area (Å²) in [4.78, 5) is 14.1. The number of halogens is 4. The Morgan fingerprint density at radius 3 is 2.32 bits per heavy atom. The maximum absolute atomic E-state index is 14.2. The quantitative estimate of drug-likeness (QED) is 0.818. The second-order valence-corrected chi connectivity index (χ2v) is 6.87. The van der Waals surface area contributed by atoms with Crippen LogP contribution in [0.3, 0.4) is 0 Å². The number of carbonyl (C=O) groups is 1. The number of benzene rings is 1. The lowest BCUT2D eigenvalue weighted by molar-refractivity contribution is -0.183. The molecule has 0 radical (unpaired) electrons. The van der Waals surface area contributed by atoms with Crippen molar-refractivity contribution in [1.82, 2.24) is 10.2 Å². The van der Waals surface area contributed by atoms with Gasteiger partial charge in [-0.25, -0.2) is 4.39 Å². The summed E-state index contributed by atoms with van der Waals surface area (Å²) in [6.45, 7) is 1.80. The van der Waals surface area contributed by atoms with E-state index in [9.17, 15) is 22.4 Å². The van der Waals surface area contributed by atoms with Crippen molar-refractivity contribution < 1.29 is 22.4 Å². The van der Waals surface area contributed by atoms with E-state index in [-0.39, 0.29) is 43.6 Å². The lowest BCUT2D eigenvalue weighted by Crippen LogP contribution is -2.42. The van der Waals surface area contributed by atoms with Crippen molar-refractivity contribution in [2.45, 2.75) is 37.8 Å². The Bertz CT molecular complexity index is 618. The van der Waals surface area contributed by atoms with Crippen molar-refractivity contribution in [2.75, 3.05) is 26.2 Å². The van der Waals surface area contributed by atoms with Crippen LogP contribution in [0.5, 0.6) is 0 Å². The molecule has 1 aromatic rings. The number of likely N-dealkylation sites (tertiary alicyclic amines) is 1. The molecule has 0 aliphatic carbocycles. The summed E-state index contributed by atoms with van der Waals surface area (Å²) >= 11 is 0. The number of alkyl halides is 3. The highest BCUT2D eigenvalue weighted by molar-refractivity contribution is 5.94. The van der Waals surface area contributed by atoms with Gasteiger partial charge in [-0.1, -0.05) is 0 Å². The third kappa shape index (κ3) is 4.14. The first-order valence-electron chi connectivity index (χ1n) is 8.72. The molecular weight excluding hydrogens is 336 g/mol. The Hall–Kier alpha value is -1.63. The molecule has 0 bridgehead atoms. The van der Waals surface area contributed by atoms with Crippen LogP contribution in [-0.4, -0.2) is 43.2 Å². The van der Waals surface area contributed by atoms with E-state index in [0.29, 0.717) is 11.1 Å². The first kappa shape index (κ1) is 18.2. The fourth-order valence-corrected chi connectivity index (χ4v) is 3.72. The molecule has 0 unspecified atom stereocenters. The molecule has 2 aliphatic rings. The minimum atomic E-state index is -4.20. The number of carbonyl (C=O) groups excluding carboxylic acids is 1. The highest BCUT2D eigenvalue weighted by atomic mass is 19.4. The van der Waals surface area contributed by atoms with Crippen LogP contribution in [0.15, 0.2) is 18.2 Å². The van der Waals surface area contributed by atoms with Crippen LogP contribution < -0.4 is 5.32 Å². The van der Waals surface area contributed by atoms with Crippen molar-refractivity contribution in [1.29, 1.82) is 0 Å². The number of hydrogen-bond acceptors (Lipinski definition) is 2. The van der Waals surface area contributed by atoms with Crippen LogP contribution >= 0.6 is 0 Å². The zero-order valence-electron chi connectivity index (χ0n) is 13.9. The minimum absolute atomic E-state index is 0.0718. The first-order chi connectivity index (χ1) is 11.9. The van der Waals surface area contributed by atoms with Gasteiger partial charge in [0.05, 0.1) is 5.92 Å². The molecule has 138 valence electrons. The molecule has 2 heterocycles. The molecule has 3 rings (SSSR count). The number of rotatable bonds is 2. The van der Waals surface area contributed by atoms with Crippen molar-refractivity contribution in [2.24, 2.45) is 5.92 Å². The molecule has 25 heavy (non-hydrogen) atoms. The topological polar surface area (TPSA) is 32.3 Å². The highest BCUT2D eigenvalue weighted by Gasteiger charge is 2.41. The highest BCUT2D eigenvalue weighted by Crippen LogP contribution is 2.35. The van der Waals surface area contributed by atoms with Gasteiger partial charge >= 0.3 is 6.18 Å². The first-order valence-corrected chi connectivity index (χ1v) is 8.72. The van der Waals surface area contributed by atoms with Gasteiger partial charge in [-0.2, -0.15) is 13.2 Å². The predicted molar refractivity (Wildman–Crippen MR) is 85.9 cm³/mol. The van der Waals surface area contributed by atoms with Gasteiger partial charge in [-0.05, 0) is 68.5 Å². The Kier molecular flexibility index (Phi) is 5.32. The van der Waals surface area contributed by atoms with Gasteiger partial charge in [0, 0.05) is 18.7 Å². The number of nitrogens with zero attached hydrogens (tertiary/aromatic N) is 1. The van der Waals surface area contributed by atoms with E-state index in [1.807, 2.05) is 0 Å². The monoisotopic (exact) mass is 358 g/mol. The maximum atomic E-state index is 14.2. The average Bonchev–Trinajstić information content (AvgIpc) is 2.62. The molecule has 0 atom stereocenters. The Labute approximate surface area is 144 Å². The molecule has 1 amide bonds. The number of piperidine rings is 2. The average molecular weight is 358 g/mol. The summed E-state index contributed by atoms with van der Waals surface area (Å²) in [6, 6.07) is 4.31. The standard InChI is InChI=1S/C18H22F4N2O/c19-16-2-1-13(11-15(16)12-3-7-23-8-4-12)17(25)24-9-5-14(6-10-24)18(20,21)22/h1-2,11-12,14,23H,3-10H2. The summed E-state index contributed by atoms with van der Waals surface area (Å²) in [7, 11) is 0. The van der Waals surface area contributed by atoms with E-state index in [1.165, 1.54) is 17.0 Å². The van der Waals surface area contributed by atoms with Crippen molar-refractivity contribution in [3.05, 3.63) is 35.1 Å². The van der Waals surface area contributed by atoms with Gasteiger partial charge in [-0.15, -0.1) is 0 Å². The molecule has 0 saturated carbocycles. The van der Waals surface area contributed by atoms with Gasteiger partial charge in [0.15, 0.2) is 0 Å². The summed E-state index contributed by atoms with van der Waals surface area (Å²) in [5, 5.41) is 3.22. The molecule has 3 nitrogen and oxygen atoms in total. The fourth-order valence-electron chi connectivity index (χ4n) is 3.72. The number of hydrogen-bond donors (Lipinski definition) is 1. The van der Waals surface area contributed by atoms with Crippen LogP contribution in [-0.2, 0) is 0 Å². The second-order valence-electron chi connectivity index (χ2n) is 6.87. The SMILES string of the molecule is O=C(c1ccc(F)c(C2CCNCC2)c1)N1CCC(C(F)(F)F)CC1. The van der Waals surface area contributed by atoms with Crippen molar-refractivity contribution in [3.8, 4) is 0 Å². The van der Waals surface area contributed by atoms with Crippen LogP contribution in [0.25, 0.3) is 0 Å². The van der Waals surface area contributed by atoms with Crippen molar-refractivity contribution in [3.63, 3.8) is 0 Å². The zero-order valence-corrected chi connectivity index (χ0v) is 13.9. The molecular formula is C18H22F4N2O. The molecule has 1 N–H and O–H groups in total. The van der Waals surface area contributed by atoms with E-state index < -0.39 is 12.1 Å². The van der Waals surface area contributed by atoms with Crippen LogP contribution in [0.4, 0.5) is 17.6 Å². The largest absolute Gasteiger partial charge is 0.391 e. The Morgan fingerprint density at radius 2 is 1.72 bits per heavy atom. The molecule has 7 heteroatoms. The molecule has 2 aliphatic heterocycles. The molecule has 1 aromatic carbocycles. The molecule has 2 fully saturated rings. The van der Waals surface area contributed by atoms with Crippen LogP contribution in [0.1, 0.15) is 47.5 Å². The predicted octanol–water partition coefficient (Wildman–Crippen LogP) is 3.71. The summed E-state index contributed by atoms with van der Waals surface area (Å²) in [5.74, 6) is -1.89. The third-order valence-electron chi connectivity index (χ3n) is 5.27. The zero-order chi connectivity index (χ0) is 18.0. The van der Waals surface area contributed by atoms with Crippen LogP contribution in [0, 0.1) is 11.7 Å². The molecule has 2 saturated heterocycles. The van der Waals surface area contributed by atoms with Gasteiger partial charge in [0.2, 0.25) is 0 Å². The number of nitrogens with one attached hydrogen (secondary N) is 1. The van der Waals surface area contributed by atoms with E-state index in [0.717, 1.165) is 25.9 Å². The minimum Gasteiger partial charge on any atom is -0.339 e.